The number of H-pyrrole nitrogens is 3. The first-order chi connectivity index (χ1) is 42.6. The van der Waals surface area contributed by atoms with Crippen LogP contribution in [0.5, 0.6) is 0 Å². The van der Waals surface area contributed by atoms with Crippen LogP contribution >= 0.6 is 21.6 Å². The zero-order chi connectivity index (χ0) is 63.8. The third-order valence-electron chi connectivity index (χ3n) is 15.5. The average Bonchev–Trinajstić information content (AvgIpc) is 1.63. The number of aryl methyl sites for hydroxylation is 3. The van der Waals surface area contributed by atoms with E-state index in [1.165, 1.54) is 50.5 Å². The van der Waals surface area contributed by atoms with Crippen molar-refractivity contribution >= 4 is 131 Å². The Morgan fingerprint density at radius 2 is 1.56 bits per heavy atom. The van der Waals surface area contributed by atoms with Gasteiger partial charge in [0.25, 0.3) is 11.5 Å². The van der Waals surface area contributed by atoms with E-state index < -0.39 is 64.7 Å². The minimum Gasteiger partial charge on any atom is -0.480 e. The van der Waals surface area contributed by atoms with Gasteiger partial charge in [-0.1, -0.05) is 46.4 Å². The highest BCUT2D eigenvalue weighted by Crippen LogP contribution is 2.53. The Hall–Kier alpha value is -10.1. The Morgan fingerprint density at radius 1 is 0.820 bits per heavy atom. The van der Waals surface area contributed by atoms with E-state index in [1.54, 1.807) is 36.4 Å². The molecule has 0 saturated heterocycles. The number of aliphatic carboxylic acids is 1. The molecule has 8 bridgehead atoms. The molecule has 2 aliphatic heterocycles. The smallest absolute Gasteiger partial charge is 0.426 e. The van der Waals surface area contributed by atoms with Gasteiger partial charge in [-0.3, -0.25) is 39.4 Å². The number of anilines is 2. The molecule has 5 aromatic heterocycles. The number of carboxylic acid groups (broad SMARTS) is 1. The number of nitrogens with one attached hydrogen (secondary N) is 7. The third kappa shape index (κ3) is 13.7. The van der Waals surface area contributed by atoms with Gasteiger partial charge in [0.05, 0.1) is 73.5 Å². The lowest BCUT2D eigenvalue weighted by Gasteiger charge is -2.36. The number of carbonyl (C=O) groups is 7. The van der Waals surface area contributed by atoms with Gasteiger partial charge in [0.1, 0.15) is 18.6 Å². The molecule has 3 amide bonds. The summed E-state index contributed by atoms with van der Waals surface area (Å²) in [5.41, 5.74) is 20.0. The minimum absolute atomic E-state index is 0.0149. The van der Waals surface area contributed by atoms with Gasteiger partial charge >= 0.3 is 30.0 Å². The summed E-state index contributed by atoms with van der Waals surface area (Å²) in [7, 11) is 6.18. The molecule has 0 spiro atoms. The van der Waals surface area contributed by atoms with E-state index in [0.29, 0.717) is 61.8 Å². The zero-order valence-electron chi connectivity index (χ0n) is 49.4. The van der Waals surface area contributed by atoms with Gasteiger partial charge in [0, 0.05) is 63.2 Å². The maximum absolute atomic E-state index is 13.9. The number of allylic oxidation sites excluding steroid dienone is 5. The molecule has 3 atom stereocenters. The highest BCUT2D eigenvalue weighted by Gasteiger charge is 2.54. The van der Waals surface area contributed by atoms with E-state index in [4.69, 9.17) is 34.6 Å². The number of hydrogen-bond acceptors (Lipinski definition) is 21. The number of rotatable bonds is 21. The van der Waals surface area contributed by atoms with E-state index in [-0.39, 0.29) is 78.6 Å². The molecule has 6 aromatic rings. The Kier molecular flexibility index (Phi) is 19.5. The number of hydrogen-bond donors (Lipinski definition) is 9. The van der Waals surface area contributed by atoms with E-state index in [9.17, 15) is 43.5 Å². The van der Waals surface area contributed by atoms with Crippen molar-refractivity contribution in [3.63, 3.8) is 0 Å². The number of carbonyl (C=O) groups excluding carboxylic acids is 6. The number of fused-ring (bicyclic) bond motifs is 12. The van der Waals surface area contributed by atoms with Crippen molar-refractivity contribution in [2.75, 3.05) is 50.5 Å². The molecular weight excluding hydrogens is 1190 g/mol. The van der Waals surface area contributed by atoms with Crippen molar-refractivity contribution in [2.45, 2.75) is 71.4 Å². The zero-order valence-corrected chi connectivity index (χ0v) is 51.1. The number of amides is 3. The summed E-state index contributed by atoms with van der Waals surface area (Å²) in [6, 6.07) is 12.5. The highest BCUT2D eigenvalue weighted by molar-refractivity contribution is 8.76. The number of esters is 3. The van der Waals surface area contributed by atoms with Gasteiger partial charge in [-0.25, -0.2) is 34.8 Å². The molecular formula is C61H63N13O13S2. The summed E-state index contributed by atoms with van der Waals surface area (Å²) >= 11 is 0. The molecule has 28 heteroatoms. The molecule has 0 saturated carbocycles. The number of nitrogen functional groups attached to an aromatic ring is 1. The van der Waals surface area contributed by atoms with E-state index in [2.05, 4.69) is 58.0 Å². The lowest BCUT2D eigenvalue weighted by Crippen LogP contribution is -2.42. The first kappa shape index (κ1) is 63.4. The summed E-state index contributed by atoms with van der Waals surface area (Å²) in [6.07, 6.45) is 5.97. The molecule has 462 valence electrons. The van der Waals surface area contributed by atoms with Crippen LogP contribution in [0, 0.1) is 19.8 Å². The van der Waals surface area contributed by atoms with Gasteiger partial charge in [-0.2, -0.15) is 4.98 Å². The molecule has 89 heavy (non-hydrogen) atoms. The van der Waals surface area contributed by atoms with Crippen molar-refractivity contribution in [1.82, 2.24) is 56.0 Å². The normalized spacial score (nSPS) is 15.4. The van der Waals surface area contributed by atoms with Gasteiger partial charge < -0.3 is 50.4 Å². The lowest BCUT2D eigenvalue weighted by atomic mass is 9.64. The Bertz CT molecular complexity index is 4230. The first-order valence-corrected chi connectivity index (χ1v) is 30.2. The maximum atomic E-state index is 13.9. The Balaban J connectivity index is 0.853. The number of nitrogens with two attached hydrogens (primary N) is 1. The fourth-order valence-electron chi connectivity index (χ4n) is 10.7. The average molecular weight is 1250 g/mol. The van der Waals surface area contributed by atoms with Crippen LogP contribution in [0.4, 0.5) is 16.4 Å². The van der Waals surface area contributed by atoms with Crippen LogP contribution < -0.4 is 32.8 Å². The maximum Gasteiger partial charge on any atom is 0.426 e. The molecule has 10 N–H and O–H groups in total. The second-order valence-electron chi connectivity index (χ2n) is 20.8. The fourth-order valence-corrected chi connectivity index (χ4v) is 12.6. The van der Waals surface area contributed by atoms with Crippen molar-refractivity contribution in [2.24, 2.45) is 5.92 Å². The number of hydrazine groups is 1. The summed E-state index contributed by atoms with van der Waals surface area (Å²) in [5, 5.41) is 15.5. The lowest BCUT2D eigenvalue weighted by molar-refractivity contribution is -0.149. The molecule has 0 radical (unpaired) electrons. The SMILES string of the molecule is C=Cc1c(C)c2cc3nc(cc4nc(cc5[nH]c(cc1[nH]2)c(C)c5CCC(=O)NNC(=O)OCCSSC[C@@H](NC(=O)c1ccc(NCc2cnc5nc(N)[nH]c(=O)c5n2)cc1)C(=O)O)C(CCC(=O)OC)=C4C)[C@@]1(C)C3=CC=C(C(=O)OC)[C@H]1C(=O)OC. The number of aromatic amines is 3. The van der Waals surface area contributed by atoms with E-state index in [0.717, 1.165) is 44.2 Å². The van der Waals surface area contributed by atoms with Crippen molar-refractivity contribution in [3.8, 4) is 0 Å². The standard InChI is InChI=1S/C61H63N13O13S2/c1-9-35-29(2)41-23-46-39-17-14-38(57(81)85-7)51(58(82)86-8)61(39,5)48(69-46)25-42-31(4)37(16-19-50(76)84-6)45(68-42)24-44-36(30(3)40(67-44)22-43(35)66-41)15-18-49(75)73-74-60(83)87-20-21-88-89-28-47(56(79)80)70-54(77)32-10-12-33(13-11-32)63-26-34-27-64-53-52(65-34)55(78)72-59(62)71-53/h9-14,17,22-25,27,47,51,63,66-67H,1,15-16,18-21,26,28H2,2-8H3,(H,70,77)(H,73,75)(H,74,83)(H,79,80)(H3,62,64,71,72,78)/t47-,51+,61-/m1/s1. The van der Waals surface area contributed by atoms with Crippen molar-refractivity contribution in [3.05, 3.63) is 146 Å². The highest BCUT2D eigenvalue weighted by atomic mass is 33.1. The molecule has 0 unspecified atom stereocenters. The molecule has 0 fully saturated rings. The summed E-state index contributed by atoms with van der Waals surface area (Å²) in [6.45, 7) is 11.8. The molecule has 7 heterocycles. The van der Waals surface area contributed by atoms with Crippen molar-refractivity contribution in [1.29, 1.82) is 0 Å². The van der Waals surface area contributed by atoms with Crippen LogP contribution in [0.15, 0.2) is 83.8 Å². The number of carboxylic acids is 1. The van der Waals surface area contributed by atoms with Crippen molar-refractivity contribution < 1.29 is 57.6 Å². The Morgan fingerprint density at radius 3 is 2.28 bits per heavy atom. The topological polar surface area (TPSA) is 380 Å². The third-order valence-corrected chi connectivity index (χ3v) is 17.8. The second kappa shape index (κ2) is 27.3. The fraction of sp³-hybridized carbons (Fsp3) is 0.295. The van der Waals surface area contributed by atoms with Crippen LogP contribution in [0.3, 0.4) is 0 Å². The van der Waals surface area contributed by atoms with E-state index >= 15 is 0 Å². The predicted molar refractivity (Wildman–Crippen MR) is 336 cm³/mol. The molecule has 1 aromatic carbocycles. The molecule has 1 aliphatic carbocycles. The summed E-state index contributed by atoms with van der Waals surface area (Å²) in [4.78, 5) is 136. The summed E-state index contributed by atoms with van der Waals surface area (Å²) in [5.74, 6) is -5.21. The number of aromatic nitrogens is 8. The number of benzene rings is 1. The van der Waals surface area contributed by atoms with Crippen LogP contribution in [-0.4, -0.2) is 132 Å². The van der Waals surface area contributed by atoms with Gasteiger partial charge in [-0.15, -0.1) is 0 Å². The van der Waals surface area contributed by atoms with Crippen LogP contribution in [0.2, 0.25) is 0 Å². The van der Waals surface area contributed by atoms with Gasteiger partial charge in [-0.05, 0) is 122 Å². The quantitative estimate of drug-likeness (QED) is 0.0117. The molecule has 9 rings (SSSR count). The Labute approximate surface area is 515 Å². The first-order valence-electron chi connectivity index (χ1n) is 27.7. The van der Waals surface area contributed by atoms with Crippen LogP contribution in [0.25, 0.3) is 56.0 Å². The van der Waals surface area contributed by atoms with Gasteiger partial charge in [0.15, 0.2) is 11.2 Å². The van der Waals surface area contributed by atoms with Crippen LogP contribution in [-0.2, 0) is 61.3 Å². The number of ether oxygens (including phenoxy) is 4. The van der Waals surface area contributed by atoms with Crippen LogP contribution in [0.1, 0.15) is 94.2 Å². The predicted octanol–water partition coefficient (Wildman–Crippen LogP) is 6.88. The molecule has 3 aliphatic rings. The summed E-state index contributed by atoms with van der Waals surface area (Å²) < 4.78 is 20.8. The monoisotopic (exact) mass is 1250 g/mol. The number of nitrogens with zero attached hydrogens (tertiary/aromatic N) is 5. The number of methoxy groups -OCH3 is 3. The minimum atomic E-state index is -1.26. The van der Waals surface area contributed by atoms with E-state index in [1.807, 2.05) is 45.9 Å². The second-order valence-corrected chi connectivity index (χ2v) is 23.4. The largest absolute Gasteiger partial charge is 0.480 e. The van der Waals surface area contributed by atoms with Gasteiger partial charge in [0.2, 0.25) is 11.9 Å². The molecule has 26 nitrogen and oxygen atoms in total.